The van der Waals surface area contributed by atoms with Crippen LogP contribution in [0.15, 0.2) is 36.5 Å². The zero-order valence-corrected chi connectivity index (χ0v) is 15.1. The summed E-state index contributed by atoms with van der Waals surface area (Å²) in [5.74, 6) is 0.732. The molecule has 2 aromatic rings. The van der Waals surface area contributed by atoms with Crippen LogP contribution in [0.2, 0.25) is 10.2 Å². The number of halogens is 3. The molecule has 2 heterocycles. The largest absolute Gasteiger partial charge is 0.487 e. The van der Waals surface area contributed by atoms with Gasteiger partial charge in [0.15, 0.2) is 0 Å². The van der Waals surface area contributed by atoms with Crippen molar-refractivity contribution in [3.63, 3.8) is 0 Å². The maximum atomic E-state index is 6.22. The van der Waals surface area contributed by atoms with Crippen LogP contribution in [-0.4, -0.2) is 23.7 Å². The molecule has 1 N–H and O–H groups in total. The number of nitrogens with one attached hydrogen (secondary N) is 1. The standard InChI is InChI=1S/C17H18Cl2N2O.ClH/c1-11(16-3-2-8-20-16)22-14-9-15(17(19)21-10-14)12-4-6-13(18)7-5-12;/h4-7,9-11,16,20H,2-3,8H2,1H3;1H/t11?,16-;/m1./s1. The van der Waals surface area contributed by atoms with Crippen molar-refractivity contribution in [1.29, 1.82) is 0 Å². The van der Waals surface area contributed by atoms with Gasteiger partial charge in [0.2, 0.25) is 0 Å². The van der Waals surface area contributed by atoms with Crippen LogP contribution < -0.4 is 10.1 Å². The third-order valence-corrected chi connectivity index (χ3v) is 4.51. The SMILES string of the molecule is CC(Oc1cnc(Cl)c(-c2ccc(Cl)cc2)c1)[C@H]1CCCN1.Cl. The molecule has 1 saturated heterocycles. The summed E-state index contributed by atoms with van der Waals surface area (Å²) in [4.78, 5) is 4.24. The number of aromatic nitrogens is 1. The van der Waals surface area contributed by atoms with E-state index in [9.17, 15) is 0 Å². The Morgan fingerprint density at radius 1 is 1.26 bits per heavy atom. The molecule has 0 radical (unpaired) electrons. The molecule has 1 aromatic heterocycles. The van der Waals surface area contributed by atoms with Gasteiger partial charge in [-0.15, -0.1) is 12.4 Å². The van der Waals surface area contributed by atoms with Crippen molar-refractivity contribution >= 4 is 35.6 Å². The molecule has 3 nitrogen and oxygen atoms in total. The first kappa shape index (κ1) is 18.3. The third-order valence-electron chi connectivity index (χ3n) is 3.96. The molecule has 0 saturated carbocycles. The summed E-state index contributed by atoms with van der Waals surface area (Å²) in [7, 11) is 0. The lowest BCUT2D eigenvalue weighted by molar-refractivity contribution is 0.179. The van der Waals surface area contributed by atoms with Crippen LogP contribution in [0.3, 0.4) is 0 Å². The maximum Gasteiger partial charge on any atom is 0.138 e. The highest BCUT2D eigenvalue weighted by Gasteiger charge is 2.22. The second kappa shape index (κ2) is 8.20. The Labute approximate surface area is 152 Å². The lowest BCUT2D eigenvalue weighted by atomic mass is 10.1. The zero-order chi connectivity index (χ0) is 15.5. The van der Waals surface area contributed by atoms with E-state index in [2.05, 4.69) is 17.2 Å². The van der Waals surface area contributed by atoms with Crippen LogP contribution in [-0.2, 0) is 0 Å². The molecule has 1 fully saturated rings. The fourth-order valence-electron chi connectivity index (χ4n) is 2.73. The molecule has 1 aromatic carbocycles. The molecule has 3 rings (SSSR count). The second-order valence-corrected chi connectivity index (χ2v) is 6.34. The summed E-state index contributed by atoms with van der Waals surface area (Å²) >= 11 is 12.2. The van der Waals surface area contributed by atoms with Crippen molar-refractivity contribution in [2.45, 2.75) is 31.9 Å². The normalized spacial score (nSPS) is 18.3. The van der Waals surface area contributed by atoms with Crippen LogP contribution in [0.25, 0.3) is 11.1 Å². The van der Waals surface area contributed by atoms with E-state index >= 15 is 0 Å². The number of ether oxygens (including phenoxy) is 1. The summed E-state index contributed by atoms with van der Waals surface area (Å²) in [5.41, 5.74) is 1.82. The molecule has 0 bridgehead atoms. The van der Waals surface area contributed by atoms with Crippen LogP contribution in [0.5, 0.6) is 5.75 Å². The number of benzene rings is 1. The molecule has 1 aliphatic heterocycles. The first-order chi connectivity index (χ1) is 10.6. The van der Waals surface area contributed by atoms with Gasteiger partial charge >= 0.3 is 0 Å². The van der Waals surface area contributed by atoms with Gasteiger partial charge in [-0.2, -0.15) is 0 Å². The van der Waals surface area contributed by atoms with E-state index < -0.39 is 0 Å². The van der Waals surface area contributed by atoms with Crippen molar-refractivity contribution in [1.82, 2.24) is 10.3 Å². The van der Waals surface area contributed by atoms with Gasteiger partial charge < -0.3 is 10.1 Å². The zero-order valence-electron chi connectivity index (χ0n) is 12.8. The maximum absolute atomic E-state index is 6.22. The fraction of sp³-hybridized carbons (Fsp3) is 0.353. The van der Waals surface area contributed by atoms with Gasteiger partial charge in [-0.1, -0.05) is 35.3 Å². The molecule has 0 amide bonds. The first-order valence-corrected chi connectivity index (χ1v) is 8.20. The lowest BCUT2D eigenvalue weighted by Crippen LogP contribution is -2.36. The minimum Gasteiger partial charge on any atom is -0.487 e. The summed E-state index contributed by atoms with van der Waals surface area (Å²) in [6.07, 6.45) is 4.12. The Morgan fingerprint density at radius 2 is 2.00 bits per heavy atom. The van der Waals surface area contributed by atoms with Crippen LogP contribution in [0, 0.1) is 0 Å². The van der Waals surface area contributed by atoms with Gasteiger partial charge in [0.1, 0.15) is 17.0 Å². The van der Waals surface area contributed by atoms with Crippen molar-refractivity contribution in [3.05, 3.63) is 46.7 Å². The monoisotopic (exact) mass is 372 g/mol. The third kappa shape index (κ3) is 4.51. The number of rotatable bonds is 4. The molecule has 0 spiro atoms. The van der Waals surface area contributed by atoms with E-state index in [1.54, 1.807) is 6.20 Å². The number of nitrogens with zero attached hydrogens (tertiary/aromatic N) is 1. The Morgan fingerprint density at radius 3 is 2.65 bits per heavy atom. The highest BCUT2D eigenvalue weighted by Crippen LogP contribution is 2.31. The Hall–Kier alpha value is -1.00. The topological polar surface area (TPSA) is 34.1 Å². The van der Waals surface area contributed by atoms with Crippen LogP contribution in [0.4, 0.5) is 0 Å². The minimum atomic E-state index is 0. The average Bonchev–Trinajstić information content (AvgIpc) is 3.05. The molecular weight excluding hydrogens is 355 g/mol. The lowest BCUT2D eigenvalue weighted by Gasteiger charge is -2.21. The van der Waals surface area contributed by atoms with Crippen LogP contribution >= 0.6 is 35.6 Å². The molecule has 0 aliphatic carbocycles. The summed E-state index contributed by atoms with van der Waals surface area (Å²) in [5, 5.41) is 4.61. The molecule has 1 aliphatic rings. The smallest absolute Gasteiger partial charge is 0.138 e. The highest BCUT2D eigenvalue weighted by atomic mass is 35.5. The van der Waals surface area contributed by atoms with Crippen molar-refractivity contribution in [2.75, 3.05) is 6.54 Å². The van der Waals surface area contributed by atoms with Gasteiger partial charge in [-0.25, -0.2) is 4.98 Å². The molecular formula is C17H19Cl3N2O. The highest BCUT2D eigenvalue weighted by molar-refractivity contribution is 6.32. The molecule has 2 atom stereocenters. The number of hydrogen-bond donors (Lipinski definition) is 1. The van der Waals surface area contributed by atoms with Gasteiger partial charge in [-0.3, -0.25) is 0 Å². The van der Waals surface area contributed by atoms with E-state index in [1.165, 1.54) is 6.42 Å². The summed E-state index contributed by atoms with van der Waals surface area (Å²) < 4.78 is 6.03. The number of pyridine rings is 1. The minimum absolute atomic E-state index is 0. The molecule has 1 unspecified atom stereocenters. The second-order valence-electron chi connectivity index (χ2n) is 5.54. The van der Waals surface area contributed by atoms with Crippen molar-refractivity contribution < 1.29 is 4.74 Å². The van der Waals surface area contributed by atoms with Gasteiger partial charge in [0.25, 0.3) is 0 Å². The molecule has 124 valence electrons. The van der Waals surface area contributed by atoms with Crippen LogP contribution in [0.1, 0.15) is 19.8 Å². The predicted molar refractivity (Wildman–Crippen MR) is 98.1 cm³/mol. The van der Waals surface area contributed by atoms with Gasteiger partial charge in [-0.05, 0) is 50.1 Å². The first-order valence-electron chi connectivity index (χ1n) is 7.45. The Balaban J connectivity index is 0.00000192. The van der Waals surface area contributed by atoms with Gasteiger partial charge in [0.05, 0.1) is 6.20 Å². The van der Waals surface area contributed by atoms with E-state index in [1.807, 2.05) is 30.3 Å². The van der Waals surface area contributed by atoms with Crippen molar-refractivity contribution in [2.24, 2.45) is 0 Å². The van der Waals surface area contributed by atoms with Crippen molar-refractivity contribution in [3.8, 4) is 16.9 Å². The Kier molecular flexibility index (Phi) is 6.54. The van der Waals surface area contributed by atoms with E-state index in [0.29, 0.717) is 16.2 Å². The predicted octanol–water partition coefficient (Wildman–Crippen LogP) is 5.00. The van der Waals surface area contributed by atoms with E-state index in [4.69, 9.17) is 27.9 Å². The van der Waals surface area contributed by atoms with E-state index in [-0.39, 0.29) is 18.5 Å². The molecule has 6 heteroatoms. The fourth-order valence-corrected chi connectivity index (χ4v) is 3.07. The average molecular weight is 374 g/mol. The summed E-state index contributed by atoms with van der Waals surface area (Å²) in [6, 6.07) is 9.87. The quantitative estimate of drug-likeness (QED) is 0.766. The van der Waals surface area contributed by atoms with E-state index in [0.717, 1.165) is 29.8 Å². The van der Waals surface area contributed by atoms with Gasteiger partial charge in [0, 0.05) is 16.6 Å². The number of hydrogen-bond acceptors (Lipinski definition) is 3. The summed E-state index contributed by atoms with van der Waals surface area (Å²) in [6.45, 7) is 3.15. The molecule has 23 heavy (non-hydrogen) atoms. The Bertz CT molecular complexity index is 643.